The molecule has 20 heavy (non-hydrogen) atoms. The van der Waals surface area contributed by atoms with Crippen LogP contribution in [0.15, 0.2) is 48.5 Å². The normalized spacial score (nSPS) is 11.7. The molecular formula is C17H17FN2. The van der Waals surface area contributed by atoms with E-state index in [-0.39, 0.29) is 11.7 Å². The van der Waals surface area contributed by atoms with E-state index in [1.807, 2.05) is 43.3 Å². The third kappa shape index (κ3) is 3.36. The van der Waals surface area contributed by atoms with Crippen molar-refractivity contribution in [1.29, 1.82) is 5.26 Å². The number of nitriles is 1. The zero-order chi connectivity index (χ0) is 14.5. The van der Waals surface area contributed by atoms with E-state index in [0.29, 0.717) is 6.42 Å². The molecule has 0 aliphatic heterocycles. The number of benzene rings is 2. The molecule has 1 unspecified atom stereocenters. The third-order valence-corrected chi connectivity index (χ3v) is 3.30. The van der Waals surface area contributed by atoms with Crippen LogP contribution in [-0.2, 0) is 6.42 Å². The summed E-state index contributed by atoms with van der Waals surface area (Å²) in [6.45, 7) is 0. The van der Waals surface area contributed by atoms with Crippen LogP contribution in [0.3, 0.4) is 0 Å². The fourth-order valence-electron chi connectivity index (χ4n) is 2.13. The van der Waals surface area contributed by atoms with E-state index in [1.165, 1.54) is 12.1 Å². The van der Waals surface area contributed by atoms with Crippen molar-refractivity contribution in [3.05, 3.63) is 65.5 Å². The Labute approximate surface area is 119 Å². The molecule has 0 bridgehead atoms. The lowest BCUT2D eigenvalue weighted by Crippen LogP contribution is -2.08. The van der Waals surface area contributed by atoms with Gasteiger partial charge in [0.25, 0.3) is 0 Å². The van der Waals surface area contributed by atoms with Gasteiger partial charge in [0.1, 0.15) is 5.82 Å². The van der Waals surface area contributed by atoms with Crippen molar-refractivity contribution < 1.29 is 4.39 Å². The Morgan fingerprint density at radius 3 is 2.40 bits per heavy atom. The molecule has 0 saturated carbocycles. The molecule has 102 valence electrons. The summed E-state index contributed by atoms with van der Waals surface area (Å²) in [5, 5.41) is 9.29. The van der Waals surface area contributed by atoms with Gasteiger partial charge in [-0.05, 0) is 41.8 Å². The summed E-state index contributed by atoms with van der Waals surface area (Å²) >= 11 is 0. The van der Waals surface area contributed by atoms with Crippen molar-refractivity contribution >= 4 is 5.69 Å². The fourth-order valence-corrected chi connectivity index (χ4v) is 2.13. The summed E-state index contributed by atoms with van der Waals surface area (Å²) < 4.78 is 13.2. The van der Waals surface area contributed by atoms with Crippen LogP contribution < -0.4 is 4.90 Å². The van der Waals surface area contributed by atoms with Gasteiger partial charge >= 0.3 is 0 Å². The molecular weight excluding hydrogens is 251 g/mol. The minimum absolute atomic E-state index is 0.300. The first-order chi connectivity index (χ1) is 9.60. The molecule has 1 atom stereocenters. The van der Waals surface area contributed by atoms with Crippen LogP contribution in [0.1, 0.15) is 17.0 Å². The standard InChI is InChI=1S/C17H17FN2/c1-20(2)17-8-6-13(7-9-17)10-15(12-19)14-4-3-5-16(18)11-14/h3-9,11,15H,10H2,1-2H3. The molecule has 0 N–H and O–H groups in total. The van der Waals surface area contributed by atoms with Crippen LogP contribution in [0.5, 0.6) is 0 Å². The van der Waals surface area contributed by atoms with Gasteiger partial charge in [-0.2, -0.15) is 5.26 Å². The molecule has 0 aromatic heterocycles. The Morgan fingerprint density at radius 1 is 1.15 bits per heavy atom. The predicted octanol–water partition coefficient (Wildman–Crippen LogP) is 3.74. The van der Waals surface area contributed by atoms with E-state index in [0.717, 1.165) is 16.8 Å². The number of anilines is 1. The zero-order valence-electron chi connectivity index (χ0n) is 11.7. The Morgan fingerprint density at radius 2 is 1.85 bits per heavy atom. The van der Waals surface area contributed by atoms with Gasteiger partial charge in [0.15, 0.2) is 0 Å². The quantitative estimate of drug-likeness (QED) is 0.844. The highest BCUT2D eigenvalue weighted by atomic mass is 19.1. The van der Waals surface area contributed by atoms with Crippen LogP contribution in [0.2, 0.25) is 0 Å². The van der Waals surface area contributed by atoms with Crippen molar-refractivity contribution in [3.8, 4) is 6.07 Å². The smallest absolute Gasteiger partial charge is 0.123 e. The van der Waals surface area contributed by atoms with Crippen molar-refractivity contribution in [2.45, 2.75) is 12.3 Å². The van der Waals surface area contributed by atoms with Gasteiger partial charge in [0.05, 0.1) is 12.0 Å². The van der Waals surface area contributed by atoms with E-state index in [1.54, 1.807) is 12.1 Å². The summed E-state index contributed by atoms with van der Waals surface area (Å²) in [6.07, 6.45) is 0.591. The lowest BCUT2D eigenvalue weighted by atomic mass is 9.93. The van der Waals surface area contributed by atoms with Crippen LogP contribution >= 0.6 is 0 Å². The lowest BCUT2D eigenvalue weighted by Gasteiger charge is -2.14. The van der Waals surface area contributed by atoms with Gasteiger partial charge in [-0.3, -0.25) is 0 Å². The molecule has 0 aliphatic carbocycles. The van der Waals surface area contributed by atoms with Crippen LogP contribution in [-0.4, -0.2) is 14.1 Å². The molecule has 0 spiro atoms. The monoisotopic (exact) mass is 268 g/mol. The highest BCUT2D eigenvalue weighted by Gasteiger charge is 2.12. The second-order valence-electron chi connectivity index (χ2n) is 5.00. The van der Waals surface area contributed by atoms with Gasteiger partial charge in [-0.25, -0.2) is 4.39 Å². The number of halogens is 1. The molecule has 2 aromatic carbocycles. The number of rotatable bonds is 4. The second-order valence-corrected chi connectivity index (χ2v) is 5.00. The van der Waals surface area contributed by atoms with Crippen molar-refractivity contribution in [1.82, 2.24) is 0 Å². The van der Waals surface area contributed by atoms with Crippen LogP contribution in [0.4, 0.5) is 10.1 Å². The molecule has 2 nitrogen and oxygen atoms in total. The average Bonchev–Trinajstić information content (AvgIpc) is 2.45. The molecule has 0 fully saturated rings. The van der Waals surface area contributed by atoms with Crippen LogP contribution in [0.25, 0.3) is 0 Å². The first kappa shape index (κ1) is 14.1. The maximum absolute atomic E-state index is 13.2. The maximum Gasteiger partial charge on any atom is 0.123 e. The summed E-state index contributed by atoms with van der Waals surface area (Å²) in [5.74, 6) is -0.624. The topological polar surface area (TPSA) is 27.0 Å². The largest absolute Gasteiger partial charge is 0.378 e. The number of hydrogen-bond donors (Lipinski definition) is 0. The van der Waals surface area contributed by atoms with E-state index < -0.39 is 0 Å². The predicted molar refractivity (Wildman–Crippen MR) is 79.2 cm³/mol. The summed E-state index contributed by atoms with van der Waals surface area (Å²) in [4.78, 5) is 2.03. The lowest BCUT2D eigenvalue weighted by molar-refractivity contribution is 0.623. The second kappa shape index (κ2) is 6.21. The SMILES string of the molecule is CN(C)c1ccc(CC(C#N)c2cccc(F)c2)cc1. The van der Waals surface area contributed by atoms with E-state index in [4.69, 9.17) is 0 Å². The zero-order valence-corrected chi connectivity index (χ0v) is 11.7. The van der Waals surface area contributed by atoms with Crippen molar-refractivity contribution in [3.63, 3.8) is 0 Å². The average molecular weight is 268 g/mol. The van der Waals surface area contributed by atoms with Gasteiger partial charge in [-0.15, -0.1) is 0 Å². The van der Waals surface area contributed by atoms with E-state index in [2.05, 4.69) is 6.07 Å². The number of nitrogens with zero attached hydrogens (tertiary/aromatic N) is 2. The maximum atomic E-state index is 13.2. The highest BCUT2D eigenvalue weighted by molar-refractivity contribution is 5.46. The minimum Gasteiger partial charge on any atom is -0.378 e. The van der Waals surface area contributed by atoms with Crippen LogP contribution in [0, 0.1) is 17.1 Å². The highest BCUT2D eigenvalue weighted by Crippen LogP contribution is 2.22. The number of hydrogen-bond acceptors (Lipinski definition) is 2. The molecule has 0 amide bonds. The van der Waals surface area contributed by atoms with Gasteiger partial charge < -0.3 is 4.90 Å². The molecule has 0 aliphatic rings. The van der Waals surface area contributed by atoms with Crippen molar-refractivity contribution in [2.24, 2.45) is 0 Å². The third-order valence-electron chi connectivity index (χ3n) is 3.30. The molecule has 0 heterocycles. The van der Waals surface area contributed by atoms with Gasteiger partial charge in [0, 0.05) is 19.8 Å². The molecule has 2 aromatic rings. The van der Waals surface area contributed by atoms with Gasteiger partial charge in [0.2, 0.25) is 0 Å². The first-order valence-electron chi connectivity index (χ1n) is 6.51. The molecule has 0 radical (unpaired) electrons. The van der Waals surface area contributed by atoms with E-state index >= 15 is 0 Å². The Kier molecular flexibility index (Phi) is 4.37. The fraction of sp³-hybridized carbons (Fsp3) is 0.235. The molecule has 3 heteroatoms. The molecule has 2 rings (SSSR count). The minimum atomic E-state index is -0.323. The summed E-state index contributed by atoms with van der Waals surface area (Å²) in [5.41, 5.74) is 2.92. The molecule has 0 saturated heterocycles. The Balaban J connectivity index is 2.16. The van der Waals surface area contributed by atoms with Gasteiger partial charge in [-0.1, -0.05) is 24.3 Å². The van der Waals surface area contributed by atoms with Crippen molar-refractivity contribution in [2.75, 3.05) is 19.0 Å². The summed E-state index contributed by atoms with van der Waals surface area (Å²) in [7, 11) is 3.97. The Hall–Kier alpha value is -2.34. The summed E-state index contributed by atoms with van der Waals surface area (Å²) in [6, 6.07) is 16.6. The van der Waals surface area contributed by atoms with E-state index in [9.17, 15) is 9.65 Å². The first-order valence-corrected chi connectivity index (χ1v) is 6.51. The Bertz CT molecular complexity index is 612.